The quantitative estimate of drug-likeness (QED) is 0.764. The molecule has 0 bridgehead atoms. The molecule has 0 spiro atoms. The molecule has 2 heterocycles. The van der Waals surface area contributed by atoms with Crippen LogP contribution in [-0.2, 0) is 4.74 Å². The Bertz CT molecular complexity index is 538. The van der Waals surface area contributed by atoms with Gasteiger partial charge in [-0.15, -0.1) is 11.6 Å². The Hall–Kier alpha value is -1.12. The van der Waals surface area contributed by atoms with Crippen molar-refractivity contribution in [3.63, 3.8) is 0 Å². The van der Waals surface area contributed by atoms with Crippen LogP contribution in [0.15, 0.2) is 36.5 Å². The zero-order valence-electron chi connectivity index (χ0n) is 10.2. The van der Waals surface area contributed by atoms with Crippen molar-refractivity contribution in [2.45, 2.75) is 18.9 Å². The Morgan fingerprint density at radius 1 is 1.28 bits per heavy atom. The molecule has 0 radical (unpaired) electrons. The van der Waals surface area contributed by atoms with E-state index in [4.69, 9.17) is 16.3 Å². The first-order valence-corrected chi connectivity index (χ1v) is 6.95. The van der Waals surface area contributed by atoms with Gasteiger partial charge < -0.3 is 4.74 Å². The maximum atomic E-state index is 6.08. The fraction of sp³-hybridized carbons (Fsp3) is 0.400. The molecule has 1 saturated heterocycles. The van der Waals surface area contributed by atoms with Crippen LogP contribution in [0.3, 0.4) is 0 Å². The fourth-order valence-corrected chi connectivity index (χ4v) is 3.03. The van der Waals surface area contributed by atoms with Crippen molar-refractivity contribution in [1.82, 2.24) is 4.98 Å². The van der Waals surface area contributed by atoms with Crippen molar-refractivity contribution in [1.29, 1.82) is 0 Å². The lowest BCUT2D eigenvalue weighted by Gasteiger charge is -2.31. The Balaban J connectivity index is 2.07. The standard InChI is InChI=1S/C15H16ClNO/c16-10-11-4-3-9-18-15(11)13-7-8-17-14-6-2-1-5-12(13)14/h1-2,5-8,11,15H,3-4,9-10H2. The van der Waals surface area contributed by atoms with Gasteiger partial charge in [0.05, 0.1) is 11.6 Å². The predicted molar refractivity (Wildman–Crippen MR) is 73.9 cm³/mol. The second-order valence-electron chi connectivity index (χ2n) is 4.77. The van der Waals surface area contributed by atoms with Crippen molar-refractivity contribution in [3.05, 3.63) is 42.1 Å². The van der Waals surface area contributed by atoms with Gasteiger partial charge in [0.1, 0.15) is 0 Å². The number of fused-ring (bicyclic) bond motifs is 1. The molecule has 2 aromatic rings. The number of aromatic nitrogens is 1. The number of rotatable bonds is 2. The number of nitrogens with zero attached hydrogens (tertiary/aromatic N) is 1. The summed E-state index contributed by atoms with van der Waals surface area (Å²) in [4.78, 5) is 4.40. The third-order valence-corrected chi connectivity index (χ3v) is 4.03. The van der Waals surface area contributed by atoms with E-state index in [1.54, 1.807) is 0 Å². The van der Waals surface area contributed by atoms with E-state index in [1.807, 2.05) is 24.4 Å². The average molecular weight is 262 g/mol. The molecule has 1 aromatic heterocycles. The molecule has 3 rings (SSSR count). The molecule has 1 fully saturated rings. The minimum atomic E-state index is 0.115. The third-order valence-electron chi connectivity index (χ3n) is 3.63. The minimum Gasteiger partial charge on any atom is -0.373 e. The first-order chi connectivity index (χ1) is 8.90. The molecule has 2 atom stereocenters. The number of hydrogen-bond acceptors (Lipinski definition) is 2. The molecule has 1 aromatic carbocycles. The van der Waals surface area contributed by atoms with Crippen LogP contribution < -0.4 is 0 Å². The highest BCUT2D eigenvalue weighted by Gasteiger charge is 2.27. The minimum absolute atomic E-state index is 0.115. The van der Waals surface area contributed by atoms with Gasteiger partial charge in [-0.05, 0) is 30.5 Å². The predicted octanol–water partition coefficient (Wildman–Crippen LogP) is 3.94. The summed E-state index contributed by atoms with van der Waals surface area (Å²) in [6.45, 7) is 0.828. The number of para-hydroxylation sites is 1. The number of alkyl halides is 1. The molecule has 94 valence electrons. The van der Waals surface area contributed by atoms with Crippen molar-refractivity contribution in [3.8, 4) is 0 Å². The summed E-state index contributed by atoms with van der Waals surface area (Å²) in [6, 6.07) is 10.3. The fourth-order valence-electron chi connectivity index (χ4n) is 2.71. The van der Waals surface area contributed by atoms with E-state index in [2.05, 4.69) is 17.1 Å². The largest absolute Gasteiger partial charge is 0.373 e. The van der Waals surface area contributed by atoms with E-state index in [-0.39, 0.29) is 6.10 Å². The van der Waals surface area contributed by atoms with Gasteiger partial charge >= 0.3 is 0 Å². The Labute approximate surface area is 112 Å². The normalized spacial score (nSPS) is 24.3. The molecular formula is C15H16ClNO. The summed E-state index contributed by atoms with van der Waals surface area (Å²) >= 11 is 6.08. The van der Waals surface area contributed by atoms with E-state index in [1.165, 1.54) is 10.9 Å². The van der Waals surface area contributed by atoms with Crippen molar-refractivity contribution in [2.75, 3.05) is 12.5 Å². The van der Waals surface area contributed by atoms with E-state index in [0.717, 1.165) is 25.0 Å². The SMILES string of the molecule is ClCC1CCCOC1c1ccnc2ccccc12. The van der Waals surface area contributed by atoms with Gasteiger partial charge in [0.2, 0.25) is 0 Å². The van der Waals surface area contributed by atoms with E-state index >= 15 is 0 Å². The van der Waals surface area contributed by atoms with Crippen LogP contribution in [0.4, 0.5) is 0 Å². The maximum absolute atomic E-state index is 6.08. The van der Waals surface area contributed by atoms with Gasteiger partial charge in [-0.2, -0.15) is 0 Å². The molecule has 18 heavy (non-hydrogen) atoms. The summed E-state index contributed by atoms with van der Waals surface area (Å²) in [5, 5.41) is 1.18. The van der Waals surface area contributed by atoms with E-state index < -0.39 is 0 Å². The first-order valence-electron chi connectivity index (χ1n) is 6.41. The van der Waals surface area contributed by atoms with Gasteiger partial charge in [0.15, 0.2) is 0 Å². The maximum Gasteiger partial charge on any atom is 0.0871 e. The second-order valence-corrected chi connectivity index (χ2v) is 5.07. The number of ether oxygens (including phenoxy) is 1. The zero-order chi connectivity index (χ0) is 12.4. The highest BCUT2D eigenvalue weighted by molar-refractivity contribution is 6.18. The van der Waals surface area contributed by atoms with Crippen LogP contribution in [0.5, 0.6) is 0 Å². The van der Waals surface area contributed by atoms with Gasteiger partial charge in [0, 0.05) is 30.0 Å². The van der Waals surface area contributed by atoms with E-state index in [0.29, 0.717) is 11.8 Å². The van der Waals surface area contributed by atoms with Gasteiger partial charge in [-0.25, -0.2) is 0 Å². The lowest BCUT2D eigenvalue weighted by Crippen LogP contribution is -2.24. The Kier molecular flexibility index (Phi) is 3.48. The van der Waals surface area contributed by atoms with Crippen LogP contribution in [0, 0.1) is 5.92 Å². The third kappa shape index (κ3) is 2.11. The molecule has 3 heteroatoms. The topological polar surface area (TPSA) is 22.1 Å². The lowest BCUT2D eigenvalue weighted by atomic mass is 9.89. The Morgan fingerprint density at radius 3 is 3.06 bits per heavy atom. The summed E-state index contributed by atoms with van der Waals surface area (Å²) in [5.41, 5.74) is 2.25. The number of hydrogen-bond donors (Lipinski definition) is 0. The number of halogens is 1. The van der Waals surface area contributed by atoms with Gasteiger partial charge in [-0.3, -0.25) is 4.98 Å². The molecule has 0 N–H and O–H groups in total. The van der Waals surface area contributed by atoms with Gasteiger partial charge in [-0.1, -0.05) is 18.2 Å². The van der Waals surface area contributed by atoms with E-state index in [9.17, 15) is 0 Å². The second kappa shape index (κ2) is 5.25. The van der Waals surface area contributed by atoms with Crippen LogP contribution >= 0.6 is 11.6 Å². The Morgan fingerprint density at radius 2 is 2.17 bits per heavy atom. The molecule has 2 nitrogen and oxygen atoms in total. The van der Waals surface area contributed by atoms with Gasteiger partial charge in [0.25, 0.3) is 0 Å². The number of benzene rings is 1. The first kappa shape index (κ1) is 11.9. The van der Waals surface area contributed by atoms with Crippen LogP contribution in [0.1, 0.15) is 24.5 Å². The van der Waals surface area contributed by atoms with Crippen LogP contribution in [-0.4, -0.2) is 17.5 Å². The highest BCUT2D eigenvalue weighted by atomic mass is 35.5. The summed E-state index contributed by atoms with van der Waals surface area (Å²) in [7, 11) is 0. The molecule has 0 aliphatic carbocycles. The monoisotopic (exact) mass is 261 g/mol. The summed E-state index contributed by atoms with van der Waals surface area (Å²) in [5.74, 6) is 1.06. The zero-order valence-corrected chi connectivity index (χ0v) is 10.9. The lowest BCUT2D eigenvalue weighted by molar-refractivity contribution is -0.0199. The van der Waals surface area contributed by atoms with Crippen molar-refractivity contribution >= 4 is 22.5 Å². The molecule has 1 aliphatic heterocycles. The smallest absolute Gasteiger partial charge is 0.0871 e. The van der Waals surface area contributed by atoms with Crippen LogP contribution in [0.25, 0.3) is 10.9 Å². The highest BCUT2D eigenvalue weighted by Crippen LogP contribution is 2.37. The number of pyridine rings is 1. The summed E-state index contributed by atoms with van der Waals surface area (Å²) in [6.07, 6.45) is 4.23. The molecule has 1 aliphatic rings. The average Bonchev–Trinajstić information content (AvgIpc) is 2.46. The van der Waals surface area contributed by atoms with Crippen LogP contribution in [0.2, 0.25) is 0 Å². The molecule has 0 amide bonds. The molecular weight excluding hydrogens is 246 g/mol. The molecule has 0 saturated carbocycles. The summed E-state index contributed by atoms with van der Waals surface area (Å²) < 4.78 is 5.96. The van der Waals surface area contributed by atoms with Crippen molar-refractivity contribution in [2.24, 2.45) is 5.92 Å². The van der Waals surface area contributed by atoms with Crippen molar-refractivity contribution < 1.29 is 4.74 Å². The molecule has 2 unspecified atom stereocenters.